The Hall–Kier alpha value is -0.590. The molecule has 7 atom stereocenters. The van der Waals surface area contributed by atoms with Crippen LogP contribution < -0.4 is 0 Å². The number of fused-ring (bicyclic) bond motifs is 2. The Labute approximate surface area is 154 Å². The van der Waals surface area contributed by atoms with Crippen molar-refractivity contribution in [1.29, 1.82) is 0 Å². The first kappa shape index (κ1) is 16.6. The second kappa shape index (κ2) is 4.82. The quantitative estimate of drug-likeness (QED) is 0.557. The summed E-state index contributed by atoms with van der Waals surface area (Å²) in [4.78, 5) is 13.9. The van der Waals surface area contributed by atoms with Crippen molar-refractivity contribution < 1.29 is 4.79 Å². The smallest absolute Gasteiger partial charge is 0.166 e. The van der Waals surface area contributed by atoms with Gasteiger partial charge in [-0.25, -0.2) is 0 Å². The molecule has 0 unspecified atom stereocenters. The van der Waals surface area contributed by atoms with E-state index < -0.39 is 0 Å². The average molecular weight is 341 g/mol. The Kier molecular flexibility index (Phi) is 3.19. The molecular weight excluding hydrogens is 304 g/mol. The third-order valence-electron chi connectivity index (χ3n) is 10.3. The molecule has 0 bridgehead atoms. The number of allylic oxidation sites excluding steroid dienone is 2. The molecule has 0 aromatic carbocycles. The lowest BCUT2D eigenvalue weighted by Gasteiger charge is -2.44. The Morgan fingerprint density at radius 1 is 1.00 bits per heavy atom. The van der Waals surface area contributed by atoms with Gasteiger partial charge in [0.25, 0.3) is 0 Å². The summed E-state index contributed by atoms with van der Waals surface area (Å²) in [7, 11) is 0. The second-order valence-electron chi connectivity index (χ2n) is 11.3. The van der Waals surface area contributed by atoms with Crippen LogP contribution in [-0.2, 0) is 4.79 Å². The summed E-state index contributed by atoms with van der Waals surface area (Å²) in [5.41, 5.74) is 3.68. The third-order valence-corrected chi connectivity index (χ3v) is 10.3. The summed E-state index contributed by atoms with van der Waals surface area (Å²) in [6, 6.07) is 0. The van der Waals surface area contributed by atoms with Crippen molar-refractivity contribution in [2.45, 2.75) is 86.0 Å². The van der Waals surface area contributed by atoms with Crippen LogP contribution in [0.5, 0.6) is 0 Å². The first-order valence-electron chi connectivity index (χ1n) is 11.0. The Balaban J connectivity index is 1.59. The van der Waals surface area contributed by atoms with E-state index in [0.717, 1.165) is 30.1 Å². The number of carbonyl (C=O) groups excluding carboxylic acids is 1. The van der Waals surface area contributed by atoms with Gasteiger partial charge < -0.3 is 0 Å². The van der Waals surface area contributed by atoms with Crippen molar-refractivity contribution in [3.8, 4) is 0 Å². The summed E-state index contributed by atoms with van der Waals surface area (Å²) < 4.78 is 0. The first-order chi connectivity index (χ1) is 11.7. The third kappa shape index (κ3) is 1.70. The molecular formula is C24H36O. The van der Waals surface area contributed by atoms with Crippen molar-refractivity contribution in [3.05, 3.63) is 11.1 Å². The number of hydrogen-bond acceptors (Lipinski definition) is 1. The minimum Gasteiger partial charge on any atom is -0.294 e. The Morgan fingerprint density at radius 2 is 1.76 bits per heavy atom. The lowest BCUT2D eigenvalue weighted by molar-refractivity contribution is -0.129. The molecule has 0 aromatic heterocycles. The highest BCUT2D eigenvalue weighted by atomic mass is 16.1. The van der Waals surface area contributed by atoms with Gasteiger partial charge in [-0.2, -0.15) is 0 Å². The van der Waals surface area contributed by atoms with Crippen LogP contribution in [0.25, 0.3) is 0 Å². The predicted octanol–water partition coefficient (Wildman–Crippen LogP) is 6.18. The van der Waals surface area contributed by atoms with E-state index in [1.807, 2.05) is 0 Å². The van der Waals surface area contributed by atoms with Crippen molar-refractivity contribution in [2.24, 2.45) is 45.8 Å². The molecule has 0 aromatic rings. The van der Waals surface area contributed by atoms with Crippen LogP contribution in [0.3, 0.4) is 0 Å². The van der Waals surface area contributed by atoms with Crippen molar-refractivity contribution in [3.63, 3.8) is 0 Å². The Morgan fingerprint density at radius 3 is 2.48 bits per heavy atom. The van der Waals surface area contributed by atoms with Crippen LogP contribution >= 0.6 is 0 Å². The van der Waals surface area contributed by atoms with Crippen LogP contribution in [-0.4, -0.2) is 5.78 Å². The molecule has 0 radical (unpaired) electrons. The molecule has 0 heterocycles. The molecule has 1 spiro atoms. The number of hydrogen-bond donors (Lipinski definition) is 0. The summed E-state index contributed by atoms with van der Waals surface area (Å²) >= 11 is 0. The van der Waals surface area contributed by atoms with E-state index in [4.69, 9.17) is 0 Å². The van der Waals surface area contributed by atoms with Crippen LogP contribution in [0, 0.1) is 45.8 Å². The molecule has 25 heavy (non-hydrogen) atoms. The summed E-state index contributed by atoms with van der Waals surface area (Å²) in [6.07, 6.45) is 10.2. The van der Waals surface area contributed by atoms with E-state index in [0.29, 0.717) is 17.1 Å². The number of Topliss-reactive ketones (excluding diaryl/α,β-unsaturated/α-hetero) is 1. The first-order valence-corrected chi connectivity index (χ1v) is 11.0. The molecule has 3 fully saturated rings. The second-order valence-corrected chi connectivity index (χ2v) is 11.3. The standard InChI is InChI=1S/C24H36O/c1-14(2)16-7-9-22(4)13-20-17(12-19(16)22)21(25)24-11-6-15(3)18(24)8-10-23(20,24)5/h14-16,18-19H,6-13H2,1-5H3/t15-,16+,18+,19+,22-,23+,24+/m1/s1. The minimum absolute atomic E-state index is 0.0133. The van der Waals surface area contributed by atoms with Gasteiger partial charge in [0.15, 0.2) is 5.78 Å². The molecule has 5 rings (SSSR count). The fourth-order valence-corrected chi connectivity index (χ4v) is 8.86. The van der Waals surface area contributed by atoms with E-state index >= 15 is 0 Å². The molecule has 5 aliphatic rings. The molecule has 0 amide bonds. The maximum absolute atomic E-state index is 13.9. The number of ketones is 1. The molecule has 0 aliphatic heterocycles. The zero-order valence-electron chi connectivity index (χ0n) is 17.0. The number of carbonyl (C=O) groups is 1. The largest absolute Gasteiger partial charge is 0.294 e. The zero-order valence-corrected chi connectivity index (χ0v) is 17.0. The SMILES string of the molecule is CC(C)[C@@H]1CC[C@]2(C)CC3=C(C[C@@H]12)C(=O)[C@]12CC[C@@H](C)[C@@H]1CC[C@@]32C. The van der Waals surface area contributed by atoms with Crippen molar-refractivity contribution >= 4 is 5.78 Å². The van der Waals surface area contributed by atoms with Crippen LogP contribution in [0.15, 0.2) is 11.1 Å². The van der Waals surface area contributed by atoms with Gasteiger partial charge in [-0.1, -0.05) is 40.2 Å². The summed E-state index contributed by atoms with van der Waals surface area (Å²) in [5.74, 6) is 4.41. The minimum atomic E-state index is 0.0133. The van der Waals surface area contributed by atoms with E-state index in [1.165, 1.54) is 50.5 Å². The molecule has 0 saturated heterocycles. The highest BCUT2D eigenvalue weighted by Gasteiger charge is 2.71. The molecule has 1 nitrogen and oxygen atoms in total. The van der Waals surface area contributed by atoms with Gasteiger partial charge in [-0.05, 0) is 91.9 Å². The van der Waals surface area contributed by atoms with E-state index in [2.05, 4.69) is 34.6 Å². The fraction of sp³-hybridized carbons (Fsp3) is 0.875. The lowest BCUT2D eigenvalue weighted by Crippen LogP contribution is -2.40. The van der Waals surface area contributed by atoms with Crippen LogP contribution in [0.4, 0.5) is 0 Å². The maximum Gasteiger partial charge on any atom is 0.166 e. The van der Waals surface area contributed by atoms with Crippen LogP contribution in [0.2, 0.25) is 0 Å². The van der Waals surface area contributed by atoms with Gasteiger partial charge in [0.2, 0.25) is 0 Å². The highest BCUT2D eigenvalue weighted by Crippen LogP contribution is 2.76. The van der Waals surface area contributed by atoms with E-state index in [9.17, 15) is 4.79 Å². The molecule has 138 valence electrons. The van der Waals surface area contributed by atoms with E-state index in [-0.39, 0.29) is 10.8 Å². The molecule has 0 N–H and O–H groups in total. The molecule has 3 saturated carbocycles. The van der Waals surface area contributed by atoms with Gasteiger partial charge in [0, 0.05) is 10.8 Å². The highest BCUT2D eigenvalue weighted by molar-refractivity contribution is 6.06. The van der Waals surface area contributed by atoms with Gasteiger partial charge in [0.05, 0.1) is 0 Å². The normalized spacial score (nSPS) is 54.1. The van der Waals surface area contributed by atoms with Crippen molar-refractivity contribution in [1.82, 2.24) is 0 Å². The summed E-state index contributed by atoms with van der Waals surface area (Å²) in [6.45, 7) is 12.3. The van der Waals surface area contributed by atoms with Gasteiger partial charge >= 0.3 is 0 Å². The zero-order chi connectivity index (χ0) is 17.8. The predicted molar refractivity (Wildman–Crippen MR) is 102 cm³/mol. The maximum atomic E-state index is 13.9. The van der Waals surface area contributed by atoms with Crippen LogP contribution in [0.1, 0.15) is 86.0 Å². The average Bonchev–Trinajstić information content (AvgIpc) is 3.20. The van der Waals surface area contributed by atoms with E-state index in [1.54, 1.807) is 5.57 Å². The topological polar surface area (TPSA) is 17.1 Å². The van der Waals surface area contributed by atoms with Gasteiger partial charge in [-0.15, -0.1) is 0 Å². The molecule has 5 aliphatic carbocycles. The monoisotopic (exact) mass is 340 g/mol. The van der Waals surface area contributed by atoms with Gasteiger partial charge in [0.1, 0.15) is 0 Å². The fourth-order valence-electron chi connectivity index (χ4n) is 8.86. The molecule has 1 heteroatoms. The Bertz CT molecular complexity index is 672. The summed E-state index contributed by atoms with van der Waals surface area (Å²) in [5, 5.41) is 0. The van der Waals surface area contributed by atoms with Crippen molar-refractivity contribution in [2.75, 3.05) is 0 Å². The number of rotatable bonds is 1. The lowest BCUT2D eigenvalue weighted by atomic mass is 9.59. The van der Waals surface area contributed by atoms with Gasteiger partial charge in [-0.3, -0.25) is 4.79 Å².